The molecule has 15 heavy (non-hydrogen) atoms. The van der Waals surface area contributed by atoms with Crippen molar-refractivity contribution in [3.63, 3.8) is 0 Å². The Hall–Kier alpha value is -1.29. The van der Waals surface area contributed by atoms with Crippen LogP contribution in [-0.2, 0) is 0 Å². The SMILES string of the molecule is C=CC[C@H](NC(=O)O)c1cccc(Br)c1. The van der Waals surface area contributed by atoms with E-state index in [2.05, 4.69) is 27.8 Å². The first-order valence-electron chi connectivity index (χ1n) is 4.49. The molecule has 0 unspecified atom stereocenters. The fourth-order valence-electron chi connectivity index (χ4n) is 1.32. The summed E-state index contributed by atoms with van der Waals surface area (Å²) in [5.41, 5.74) is 0.923. The maximum absolute atomic E-state index is 10.6. The predicted molar refractivity (Wildman–Crippen MR) is 62.9 cm³/mol. The van der Waals surface area contributed by atoms with Gasteiger partial charge in [0, 0.05) is 4.47 Å². The molecule has 1 aromatic rings. The summed E-state index contributed by atoms with van der Waals surface area (Å²) < 4.78 is 0.932. The van der Waals surface area contributed by atoms with Crippen LogP contribution in [0.3, 0.4) is 0 Å². The number of carbonyl (C=O) groups is 1. The number of benzene rings is 1. The van der Waals surface area contributed by atoms with E-state index >= 15 is 0 Å². The Bertz CT molecular complexity index is 365. The average molecular weight is 270 g/mol. The summed E-state index contributed by atoms with van der Waals surface area (Å²) >= 11 is 3.35. The number of halogens is 1. The first kappa shape index (κ1) is 11.8. The van der Waals surface area contributed by atoms with Crippen molar-refractivity contribution in [3.05, 3.63) is 47.0 Å². The van der Waals surface area contributed by atoms with Gasteiger partial charge in [0.25, 0.3) is 0 Å². The van der Waals surface area contributed by atoms with Crippen LogP contribution in [0.4, 0.5) is 4.79 Å². The van der Waals surface area contributed by atoms with Crippen LogP contribution in [-0.4, -0.2) is 11.2 Å². The van der Waals surface area contributed by atoms with Gasteiger partial charge in [0.05, 0.1) is 6.04 Å². The molecule has 2 N–H and O–H groups in total. The van der Waals surface area contributed by atoms with E-state index in [0.29, 0.717) is 6.42 Å². The summed E-state index contributed by atoms with van der Waals surface area (Å²) in [7, 11) is 0. The minimum atomic E-state index is -1.03. The molecule has 0 aliphatic carbocycles. The van der Waals surface area contributed by atoms with Crippen molar-refractivity contribution in [3.8, 4) is 0 Å². The Balaban J connectivity index is 2.87. The molecule has 4 heteroatoms. The van der Waals surface area contributed by atoms with Crippen molar-refractivity contribution >= 4 is 22.0 Å². The van der Waals surface area contributed by atoms with Crippen LogP contribution in [0.25, 0.3) is 0 Å². The molecule has 80 valence electrons. The maximum atomic E-state index is 10.6. The van der Waals surface area contributed by atoms with Crippen molar-refractivity contribution in [2.45, 2.75) is 12.5 Å². The first-order valence-corrected chi connectivity index (χ1v) is 5.28. The zero-order valence-electron chi connectivity index (χ0n) is 8.11. The van der Waals surface area contributed by atoms with Gasteiger partial charge in [-0.1, -0.05) is 34.1 Å². The van der Waals surface area contributed by atoms with Crippen molar-refractivity contribution in [2.24, 2.45) is 0 Å². The van der Waals surface area contributed by atoms with E-state index < -0.39 is 6.09 Å². The van der Waals surface area contributed by atoms with E-state index in [1.54, 1.807) is 6.08 Å². The van der Waals surface area contributed by atoms with Gasteiger partial charge in [-0.25, -0.2) is 4.79 Å². The van der Waals surface area contributed by atoms with Gasteiger partial charge in [0.1, 0.15) is 0 Å². The van der Waals surface area contributed by atoms with Crippen molar-refractivity contribution in [1.82, 2.24) is 5.32 Å². The quantitative estimate of drug-likeness (QED) is 0.824. The van der Waals surface area contributed by atoms with Gasteiger partial charge in [-0.3, -0.25) is 0 Å². The summed E-state index contributed by atoms with van der Waals surface area (Å²) in [6, 6.07) is 7.31. The van der Waals surface area contributed by atoms with E-state index in [1.807, 2.05) is 24.3 Å². The van der Waals surface area contributed by atoms with Crippen molar-refractivity contribution < 1.29 is 9.90 Å². The van der Waals surface area contributed by atoms with Crippen LogP contribution < -0.4 is 5.32 Å². The smallest absolute Gasteiger partial charge is 0.405 e. The van der Waals surface area contributed by atoms with Crippen molar-refractivity contribution in [2.75, 3.05) is 0 Å². The monoisotopic (exact) mass is 269 g/mol. The minimum absolute atomic E-state index is 0.238. The second kappa shape index (κ2) is 5.56. The highest BCUT2D eigenvalue weighted by Gasteiger charge is 2.12. The molecule has 0 fully saturated rings. The predicted octanol–water partition coefficient (Wildman–Crippen LogP) is 3.33. The van der Waals surface area contributed by atoms with Gasteiger partial charge in [-0.05, 0) is 24.1 Å². The Morgan fingerprint density at radius 3 is 2.93 bits per heavy atom. The van der Waals surface area contributed by atoms with Gasteiger partial charge >= 0.3 is 6.09 Å². The van der Waals surface area contributed by atoms with E-state index in [9.17, 15) is 4.79 Å². The number of hydrogen-bond donors (Lipinski definition) is 2. The fraction of sp³-hybridized carbons (Fsp3) is 0.182. The van der Waals surface area contributed by atoms with Gasteiger partial charge in [-0.2, -0.15) is 0 Å². The lowest BCUT2D eigenvalue weighted by Gasteiger charge is -2.15. The molecule has 1 aromatic carbocycles. The normalized spacial score (nSPS) is 11.8. The highest BCUT2D eigenvalue weighted by Crippen LogP contribution is 2.20. The molecule has 0 heterocycles. The van der Waals surface area contributed by atoms with E-state index in [0.717, 1.165) is 10.0 Å². The summed E-state index contributed by atoms with van der Waals surface area (Å²) in [5, 5.41) is 11.1. The van der Waals surface area contributed by atoms with E-state index in [-0.39, 0.29) is 6.04 Å². The van der Waals surface area contributed by atoms with Gasteiger partial charge in [0.15, 0.2) is 0 Å². The number of rotatable bonds is 4. The number of carboxylic acid groups (broad SMARTS) is 1. The molecule has 0 aliphatic rings. The zero-order valence-corrected chi connectivity index (χ0v) is 9.70. The summed E-state index contributed by atoms with van der Waals surface area (Å²) in [6.45, 7) is 3.61. The van der Waals surface area contributed by atoms with Gasteiger partial charge < -0.3 is 10.4 Å². The van der Waals surface area contributed by atoms with Crippen LogP contribution >= 0.6 is 15.9 Å². The molecule has 1 amide bonds. The van der Waals surface area contributed by atoms with Crippen LogP contribution in [0, 0.1) is 0 Å². The standard InChI is InChI=1S/C11H12BrNO2/c1-2-4-10(13-11(14)15)8-5-3-6-9(12)7-8/h2-3,5-7,10,13H,1,4H2,(H,14,15)/t10-/m0/s1. The lowest BCUT2D eigenvalue weighted by Crippen LogP contribution is -2.26. The second-order valence-electron chi connectivity index (χ2n) is 3.08. The molecule has 0 saturated heterocycles. The van der Waals surface area contributed by atoms with Crippen LogP contribution in [0.1, 0.15) is 18.0 Å². The van der Waals surface area contributed by atoms with E-state index in [1.165, 1.54) is 0 Å². The van der Waals surface area contributed by atoms with E-state index in [4.69, 9.17) is 5.11 Å². The summed E-state index contributed by atoms with van der Waals surface area (Å²) in [4.78, 5) is 10.6. The Morgan fingerprint density at radius 1 is 1.67 bits per heavy atom. The first-order chi connectivity index (χ1) is 7.13. The third kappa shape index (κ3) is 3.75. The molecule has 0 spiro atoms. The Labute approximate surface area is 96.9 Å². The number of hydrogen-bond acceptors (Lipinski definition) is 1. The summed E-state index contributed by atoms with van der Waals surface area (Å²) in [5.74, 6) is 0. The molecule has 0 saturated carbocycles. The maximum Gasteiger partial charge on any atom is 0.405 e. The molecule has 1 rings (SSSR count). The topological polar surface area (TPSA) is 49.3 Å². The molecule has 3 nitrogen and oxygen atoms in total. The van der Waals surface area contributed by atoms with Crippen molar-refractivity contribution in [1.29, 1.82) is 0 Å². The average Bonchev–Trinajstić information content (AvgIpc) is 2.16. The third-order valence-corrected chi connectivity index (χ3v) is 2.44. The fourth-order valence-corrected chi connectivity index (χ4v) is 1.73. The second-order valence-corrected chi connectivity index (χ2v) is 4.00. The molecule has 0 aliphatic heterocycles. The number of nitrogens with one attached hydrogen (secondary N) is 1. The molecule has 1 atom stereocenters. The Kier molecular flexibility index (Phi) is 4.37. The van der Waals surface area contributed by atoms with Gasteiger partial charge in [-0.15, -0.1) is 6.58 Å². The third-order valence-electron chi connectivity index (χ3n) is 1.95. The van der Waals surface area contributed by atoms with Gasteiger partial charge in [0.2, 0.25) is 0 Å². The molecule has 0 bridgehead atoms. The zero-order chi connectivity index (χ0) is 11.3. The largest absolute Gasteiger partial charge is 0.465 e. The highest BCUT2D eigenvalue weighted by atomic mass is 79.9. The molecule has 0 aromatic heterocycles. The summed E-state index contributed by atoms with van der Waals surface area (Å²) in [6.07, 6.45) is 1.24. The lowest BCUT2D eigenvalue weighted by atomic mass is 10.0. The Morgan fingerprint density at radius 2 is 2.40 bits per heavy atom. The molecule has 0 radical (unpaired) electrons. The molecular formula is C11H12BrNO2. The van der Waals surface area contributed by atoms with Crippen LogP contribution in [0.15, 0.2) is 41.4 Å². The minimum Gasteiger partial charge on any atom is -0.465 e. The molecular weight excluding hydrogens is 258 g/mol. The number of amides is 1. The lowest BCUT2D eigenvalue weighted by molar-refractivity contribution is 0.190. The van der Waals surface area contributed by atoms with Crippen LogP contribution in [0.5, 0.6) is 0 Å². The van der Waals surface area contributed by atoms with Crippen LogP contribution in [0.2, 0.25) is 0 Å². The highest BCUT2D eigenvalue weighted by molar-refractivity contribution is 9.10.